The number of amides is 3. The van der Waals surface area contributed by atoms with Gasteiger partial charge in [0.2, 0.25) is 5.91 Å². The number of sulfone groups is 1. The molecule has 3 amide bonds. The molecule has 1 saturated heterocycles. The van der Waals surface area contributed by atoms with Gasteiger partial charge in [-0.1, -0.05) is 18.2 Å². The van der Waals surface area contributed by atoms with Gasteiger partial charge in [0.25, 0.3) is 0 Å². The third-order valence-electron chi connectivity index (χ3n) is 6.37. The largest absolute Gasteiger partial charge is 0.416 e. The van der Waals surface area contributed by atoms with Crippen molar-refractivity contribution in [3.8, 4) is 11.1 Å². The lowest BCUT2D eigenvalue weighted by Gasteiger charge is -2.24. The summed E-state index contributed by atoms with van der Waals surface area (Å²) < 4.78 is 107. The second-order valence-electron chi connectivity index (χ2n) is 9.15. The van der Waals surface area contributed by atoms with Crippen molar-refractivity contribution >= 4 is 33.2 Å². The van der Waals surface area contributed by atoms with Crippen LogP contribution in [0.2, 0.25) is 0 Å². The molecule has 218 valence electrons. The Morgan fingerprint density at radius 1 is 1.02 bits per heavy atom. The van der Waals surface area contributed by atoms with Crippen LogP contribution in [0.4, 0.5) is 42.5 Å². The molecule has 15 heteroatoms. The predicted octanol–water partition coefficient (Wildman–Crippen LogP) is 4.48. The monoisotopic (exact) mass is 601 g/mol. The van der Waals surface area contributed by atoms with Crippen molar-refractivity contribution in [1.29, 1.82) is 0 Å². The van der Waals surface area contributed by atoms with Crippen LogP contribution < -0.4 is 15.5 Å². The first-order valence-corrected chi connectivity index (χ1v) is 13.7. The number of rotatable bonds is 6. The molecule has 3 aromatic rings. The molecule has 0 aromatic heterocycles. The van der Waals surface area contributed by atoms with E-state index >= 15 is 8.78 Å². The van der Waals surface area contributed by atoms with Crippen LogP contribution in [0.1, 0.15) is 12.0 Å². The van der Waals surface area contributed by atoms with E-state index in [1.165, 1.54) is 24.3 Å². The minimum atomic E-state index is -4.81. The molecule has 3 N–H and O–H groups in total. The van der Waals surface area contributed by atoms with Crippen LogP contribution in [0, 0.1) is 17.5 Å². The minimum absolute atomic E-state index is 0.115. The minimum Gasteiger partial charge on any atom is -0.394 e. The Balaban J connectivity index is 1.57. The summed E-state index contributed by atoms with van der Waals surface area (Å²) in [5.41, 5.74) is -3.00. The fraction of sp³-hybridized carbons (Fsp3) is 0.231. The van der Waals surface area contributed by atoms with E-state index in [-0.39, 0.29) is 22.9 Å². The van der Waals surface area contributed by atoms with E-state index in [1.807, 2.05) is 5.32 Å². The summed E-state index contributed by atoms with van der Waals surface area (Å²) in [5.74, 6) is -5.34. The van der Waals surface area contributed by atoms with Crippen LogP contribution >= 0.6 is 0 Å². The Labute approximate surface area is 229 Å². The van der Waals surface area contributed by atoms with Crippen molar-refractivity contribution in [2.24, 2.45) is 0 Å². The molecule has 8 nitrogen and oxygen atoms in total. The van der Waals surface area contributed by atoms with Crippen molar-refractivity contribution in [2.45, 2.75) is 29.6 Å². The second kappa shape index (κ2) is 11.0. The van der Waals surface area contributed by atoms with Crippen LogP contribution in [-0.2, 0) is 20.8 Å². The molecule has 2 atom stereocenters. The number of nitrogens with one attached hydrogen (secondary N) is 2. The smallest absolute Gasteiger partial charge is 0.394 e. The maximum atomic E-state index is 15.3. The fourth-order valence-electron chi connectivity index (χ4n) is 4.47. The van der Waals surface area contributed by atoms with Gasteiger partial charge in [0.15, 0.2) is 21.5 Å². The Hall–Kier alpha value is -4.11. The van der Waals surface area contributed by atoms with Crippen molar-refractivity contribution in [1.82, 2.24) is 5.32 Å². The van der Waals surface area contributed by atoms with Gasteiger partial charge in [0, 0.05) is 17.4 Å². The van der Waals surface area contributed by atoms with Gasteiger partial charge in [-0.2, -0.15) is 13.2 Å². The lowest BCUT2D eigenvalue weighted by molar-refractivity contribution is -0.137. The molecule has 0 radical (unpaired) electrons. The number of aliphatic hydroxyl groups excluding tert-OH is 1. The molecule has 0 aliphatic carbocycles. The van der Waals surface area contributed by atoms with Crippen molar-refractivity contribution in [3.05, 3.63) is 77.6 Å². The van der Waals surface area contributed by atoms with Crippen molar-refractivity contribution in [3.63, 3.8) is 0 Å². The molecular weight excluding hydrogens is 580 g/mol. The Bertz CT molecular complexity index is 1630. The lowest BCUT2D eigenvalue weighted by atomic mass is 10.0. The fourth-order valence-corrected chi connectivity index (χ4v) is 5.38. The molecule has 41 heavy (non-hydrogen) atoms. The Morgan fingerprint density at radius 2 is 1.71 bits per heavy atom. The number of urea groups is 1. The topological polar surface area (TPSA) is 116 Å². The molecule has 0 spiro atoms. The number of carbonyl (C=O) groups is 2. The zero-order valence-corrected chi connectivity index (χ0v) is 21.8. The van der Waals surface area contributed by atoms with Gasteiger partial charge in [-0.05, 0) is 42.8 Å². The Morgan fingerprint density at radius 3 is 2.32 bits per heavy atom. The molecule has 1 fully saturated rings. The number of aliphatic hydroxyl groups is 1. The first-order chi connectivity index (χ1) is 19.1. The zero-order valence-electron chi connectivity index (χ0n) is 21.0. The van der Waals surface area contributed by atoms with Crippen LogP contribution in [0.5, 0.6) is 0 Å². The third-order valence-corrected chi connectivity index (χ3v) is 7.52. The summed E-state index contributed by atoms with van der Waals surface area (Å²) in [5, 5.41) is 14.0. The van der Waals surface area contributed by atoms with E-state index in [0.29, 0.717) is 12.1 Å². The number of carbonyl (C=O) groups excluding carboxylic acids is 2. The lowest BCUT2D eigenvalue weighted by Crippen LogP contribution is -2.44. The summed E-state index contributed by atoms with van der Waals surface area (Å²) in [6.07, 6.45) is -4.19. The maximum absolute atomic E-state index is 15.3. The number of benzene rings is 3. The molecule has 1 heterocycles. The van der Waals surface area contributed by atoms with Gasteiger partial charge in [-0.15, -0.1) is 0 Å². The summed E-state index contributed by atoms with van der Waals surface area (Å²) >= 11 is 0. The van der Waals surface area contributed by atoms with Gasteiger partial charge in [-0.3, -0.25) is 4.79 Å². The average molecular weight is 602 g/mol. The van der Waals surface area contributed by atoms with Gasteiger partial charge in [-0.25, -0.2) is 26.4 Å². The highest BCUT2D eigenvalue weighted by atomic mass is 32.2. The molecular formula is C26H21F6N3O5S. The van der Waals surface area contributed by atoms with Crippen LogP contribution in [0.3, 0.4) is 0 Å². The van der Waals surface area contributed by atoms with E-state index in [1.54, 1.807) is 0 Å². The number of halogens is 6. The van der Waals surface area contributed by atoms with Crippen molar-refractivity contribution < 1.29 is 49.5 Å². The number of anilines is 2. The van der Waals surface area contributed by atoms with E-state index in [2.05, 4.69) is 5.32 Å². The predicted molar refractivity (Wildman–Crippen MR) is 135 cm³/mol. The molecule has 0 saturated carbocycles. The van der Waals surface area contributed by atoms with Crippen molar-refractivity contribution in [2.75, 3.05) is 23.1 Å². The van der Waals surface area contributed by atoms with Gasteiger partial charge in [0.05, 0.1) is 34.5 Å². The number of hydrogen-bond donors (Lipinski definition) is 3. The summed E-state index contributed by atoms with van der Waals surface area (Å²) in [6.45, 7) is -0.723. The highest BCUT2D eigenvalue weighted by Gasteiger charge is 2.42. The van der Waals surface area contributed by atoms with E-state index in [4.69, 9.17) is 0 Å². The summed E-state index contributed by atoms with van der Waals surface area (Å²) in [4.78, 5) is 26.0. The van der Waals surface area contributed by atoms with Gasteiger partial charge >= 0.3 is 12.2 Å². The normalized spacial score (nSPS) is 17.6. The van der Waals surface area contributed by atoms with E-state index in [9.17, 15) is 40.7 Å². The molecule has 0 bridgehead atoms. The van der Waals surface area contributed by atoms with E-state index < -0.39 is 86.6 Å². The zero-order chi connectivity index (χ0) is 30.3. The van der Waals surface area contributed by atoms with Crippen LogP contribution in [-0.4, -0.2) is 50.4 Å². The highest BCUT2D eigenvalue weighted by molar-refractivity contribution is 7.90. The summed E-state index contributed by atoms with van der Waals surface area (Å²) in [6, 6.07) is 5.12. The van der Waals surface area contributed by atoms with Crippen LogP contribution in [0.15, 0.2) is 59.5 Å². The van der Waals surface area contributed by atoms with E-state index in [0.717, 1.165) is 23.3 Å². The maximum Gasteiger partial charge on any atom is 0.416 e. The SMILES string of the molecule is CS(=O)(=O)c1ccccc1-c1ccc(N2C(=O)[C@H](NC(=O)Nc3ccc(C(F)(F)F)cc3F)C[C@H]2CO)c(F)c1F. The molecule has 3 aromatic carbocycles. The number of alkyl halides is 3. The molecule has 1 aliphatic heterocycles. The quantitative estimate of drug-likeness (QED) is 0.361. The number of hydrogen-bond acceptors (Lipinski definition) is 5. The molecule has 1 aliphatic rings. The molecule has 0 unspecified atom stereocenters. The first kappa shape index (κ1) is 29.9. The summed E-state index contributed by atoms with van der Waals surface area (Å²) in [7, 11) is -3.82. The second-order valence-corrected chi connectivity index (χ2v) is 11.1. The van der Waals surface area contributed by atoms with Gasteiger partial charge < -0.3 is 20.6 Å². The Kier molecular flexibility index (Phi) is 8.05. The number of nitrogens with zero attached hydrogens (tertiary/aromatic N) is 1. The van der Waals surface area contributed by atoms with Crippen LogP contribution in [0.25, 0.3) is 11.1 Å². The standard InChI is InChI=1S/C26H21F6N3O5S/c1-41(39,40)21-5-3-2-4-15(21)16-7-9-20(23(29)22(16)28)35-14(12-36)11-19(24(35)37)34-25(38)33-18-8-6-13(10-17(18)27)26(30,31)32/h2-10,14,19,36H,11-12H2,1H3,(H2,33,34,38)/t14-,19+/m0/s1. The van der Waals surface area contributed by atoms with Gasteiger partial charge in [0.1, 0.15) is 11.9 Å². The average Bonchev–Trinajstić information content (AvgIpc) is 3.20. The first-order valence-electron chi connectivity index (χ1n) is 11.8. The molecule has 4 rings (SSSR count). The third kappa shape index (κ3) is 6.00. The highest BCUT2D eigenvalue weighted by Crippen LogP contribution is 2.37.